The smallest absolute Gasteiger partial charge is 0.193 e. The van der Waals surface area contributed by atoms with Crippen LogP contribution in [0.4, 0.5) is 0 Å². The molecule has 0 aromatic heterocycles. The van der Waals surface area contributed by atoms with Gasteiger partial charge in [-0.2, -0.15) is 0 Å². The molecule has 1 fully saturated rings. The molecule has 1 saturated heterocycles. The van der Waals surface area contributed by atoms with Gasteiger partial charge in [0.25, 0.3) is 0 Å². The van der Waals surface area contributed by atoms with Crippen molar-refractivity contribution in [2.24, 2.45) is 4.99 Å². The van der Waals surface area contributed by atoms with Gasteiger partial charge in [0.1, 0.15) is 5.75 Å². The van der Waals surface area contributed by atoms with Crippen LogP contribution in [-0.4, -0.2) is 51.8 Å². The van der Waals surface area contributed by atoms with Crippen LogP contribution < -0.4 is 10.1 Å². The molecule has 29 heavy (non-hydrogen) atoms. The van der Waals surface area contributed by atoms with E-state index >= 15 is 0 Å². The Kier molecular flexibility index (Phi) is 7.15. The van der Waals surface area contributed by atoms with Crippen LogP contribution in [0.15, 0.2) is 53.5 Å². The quantitative estimate of drug-likeness (QED) is 0.598. The van der Waals surface area contributed by atoms with E-state index in [1.807, 2.05) is 19.2 Å². The molecule has 1 N–H and O–H groups in total. The first kappa shape index (κ1) is 21.2. The molecule has 0 amide bonds. The third-order valence-electron chi connectivity index (χ3n) is 5.98. The number of hydrogen-bond donors (Lipinski definition) is 1. The van der Waals surface area contributed by atoms with Gasteiger partial charge in [0.2, 0.25) is 0 Å². The Morgan fingerprint density at radius 2 is 1.83 bits per heavy atom. The molecule has 0 bridgehead atoms. The minimum absolute atomic E-state index is 0.0317. The second-order valence-corrected chi connectivity index (χ2v) is 7.80. The number of nitrogens with zero attached hydrogens (tertiary/aromatic N) is 2. The Balaban J connectivity index is 1.72. The first-order valence-corrected chi connectivity index (χ1v) is 10.3. The molecule has 2 aromatic carbocycles. The van der Waals surface area contributed by atoms with E-state index in [-0.39, 0.29) is 5.41 Å². The molecule has 2 aromatic rings. The van der Waals surface area contributed by atoms with Crippen molar-refractivity contribution in [1.82, 2.24) is 10.2 Å². The number of guanidine groups is 1. The molecule has 5 nitrogen and oxygen atoms in total. The Hall–Kier alpha value is -2.53. The third-order valence-corrected chi connectivity index (χ3v) is 5.98. The number of methoxy groups -OCH3 is 1. The molecule has 1 aliphatic heterocycles. The van der Waals surface area contributed by atoms with Gasteiger partial charge in [-0.3, -0.25) is 4.99 Å². The summed E-state index contributed by atoms with van der Waals surface area (Å²) < 4.78 is 11.0. The largest absolute Gasteiger partial charge is 0.497 e. The number of nitrogens with one attached hydrogen (secondary N) is 1. The predicted octanol–water partition coefficient (Wildman–Crippen LogP) is 3.76. The van der Waals surface area contributed by atoms with Crippen molar-refractivity contribution >= 4 is 5.96 Å². The lowest BCUT2D eigenvalue weighted by Crippen LogP contribution is -2.48. The fourth-order valence-corrected chi connectivity index (χ4v) is 4.03. The maximum absolute atomic E-state index is 5.67. The summed E-state index contributed by atoms with van der Waals surface area (Å²) >= 11 is 0. The van der Waals surface area contributed by atoms with Crippen molar-refractivity contribution in [3.05, 3.63) is 65.2 Å². The van der Waals surface area contributed by atoms with Crippen molar-refractivity contribution in [1.29, 1.82) is 0 Å². The van der Waals surface area contributed by atoms with Crippen LogP contribution in [-0.2, 0) is 16.7 Å². The summed E-state index contributed by atoms with van der Waals surface area (Å²) in [5.41, 5.74) is 3.97. The fraction of sp³-hybridized carbons (Fsp3) is 0.458. The highest BCUT2D eigenvalue weighted by molar-refractivity contribution is 5.79. The Bertz CT molecular complexity index is 811. The van der Waals surface area contributed by atoms with E-state index in [1.165, 1.54) is 16.7 Å². The second-order valence-electron chi connectivity index (χ2n) is 7.80. The van der Waals surface area contributed by atoms with Crippen LogP contribution in [0.2, 0.25) is 0 Å². The SMILES string of the molecule is CN=C(NCC1(c2ccc(OC)cc2)CCOCC1)N(C)Cc1ccccc1C. The molecule has 0 aliphatic carbocycles. The molecule has 0 spiro atoms. The molecule has 0 unspecified atom stereocenters. The average Bonchev–Trinajstić information content (AvgIpc) is 2.76. The maximum atomic E-state index is 5.67. The van der Waals surface area contributed by atoms with E-state index in [2.05, 4.69) is 65.6 Å². The zero-order chi connectivity index (χ0) is 20.7. The zero-order valence-corrected chi connectivity index (χ0v) is 18.1. The van der Waals surface area contributed by atoms with Crippen LogP contribution in [0.25, 0.3) is 0 Å². The predicted molar refractivity (Wildman–Crippen MR) is 119 cm³/mol. The van der Waals surface area contributed by atoms with E-state index in [0.29, 0.717) is 0 Å². The average molecular weight is 396 g/mol. The van der Waals surface area contributed by atoms with E-state index < -0.39 is 0 Å². The van der Waals surface area contributed by atoms with Crippen LogP contribution in [0, 0.1) is 6.92 Å². The van der Waals surface area contributed by atoms with Crippen molar-refractivity contribution < 1.29 is 9.47 Å². The van der Waals surface area contributed by atoms with Gasteiger partial charge in [-0.1, -0.05) is 36.4 Å². The first-order chi connectivity index (χ1) is 14.1. The molecule has 0 saturated carbocycles. The fourth-order valence-electron chi connectivity index (χ4n) is 4.03. The molecule has 0 radical (unpaired) electrons. The second kappa shape index (κ2) is 9.79. The van der Waals surface area contributed by atoms with Crippen molar-refractivity contribution in [3.8, 4) is 5.75 Å². The van der Waals surface area contributed by atoms with Gasteiger partial charge in [-0.05, 0) is 48.6 Å². The minimum Gasteiger partial charge on any atom is -0.497 e. The normalized spacial score (nSPS) is 16.3. The van der Waals surface area contributed by atoms with Gasteiger partial charge >= 0.3 is 0 Å². The molecule has 5 heteroatoms. The highest BCUT2D eigenvalue weighted by atomic mass is 16.5. The van der Waals surface area contributed by atoms with Gasteiger partial charge in [-0.25, -0.2) is 0 Å². The highest BCUT2D eigenvalue weighted by Gasteiger charge is 2.35. The van der Waals surface area contributed by atoms with Crippen molar-refractivity contribution in [2.75, 3.05) is 41.0 Å². The topological polar surface area (TPSA) is 46.1 Å². The maximum Gasteiger partial charge on any atom is 0.193 e. The minimum atomic E-state index is 0.0317. The van der Waals surface area contributed by atoms with Gasteiger partial charge in [0.15, 0.2) is 5.96 Å². The number of benzene rings is 2. The van der Waals surface area contributed by atoms with Gasteiger partial charge in [0, 0.05) is 45.8 Å². The number of hydrogen-bond acceptors (Lipinski definition) is 3. The van der Waals surface area contributed by atoms with Gasteiger partial charge < -0.3 is 19.7 Å². The summed E-state index contributed by atoms with van der Waals surface area (Å²) in [4.78, 5) is 6.71. The first-order valence-electron chi connectivity index (χ1n) is 10.3. The zero-order valence-electron chi connectivity index (χ0n) is 18.1. The molecule has 0 atom stereocenters. The number of aryl methyl sites for hydroxylation is 1. The van der Waals surface area contributed by atoms with E-state index in [9.17, 15) is 0 Å². The Morgan fingerprint density at radius 1 is 1.14 bits per heavy atom. The van der Waals surface area contributed by atoms with Crippen LogP contribution in [0.1, 0.15) is 29.5 Å². The van der Waals surface area contributed by atoms with Crippen LogP contribution >= 0.6 is 0 Å². The van der Waals surface area contributed by atoms with E-state index in [1.54, 1.807) is 7.11 Å². The molecular formula is C24H33N3O2. The van der Waals surface area contributed by atoms with Crippen LogP contribution in [0.3, 0.4) is 0 Å². The summed E-state index contributed by atoms with van der Waals surface area (Å²) in [6, 6.07) is 17.0. The molecular weight excluding hydrogens is 362 g/mol. The monoisotopic (exact) mass is 395 g/mol. The third kappa shape index (κ3) is 5.10. The number of rotatable bonds is 6. The summed E-state index contributed by atoms with van der Waals surface area (Å²) in [6.45, 7) is 5.37. The van der Waals surface area contributed by atoms with Gasteiger partial charge in [-0.15, -0.1) is 0 Å². The Labute approximate surface area is 174 Å². The molecule has 3 rings (SSSR count). The standard InChI is InChI=1S/C24H33N3O2/c1-19-7-5-6-8-20(19)17-27(3)23(25-2)26-18-24(13-15-29-16-14-24)21-9-11-22(28-4)12-10-21/h5-12H,13-18H2,1-4H3,(H,25,26). The molecule has 156 valence electrons. The van der Waals surface area contributed by atoms with E-state index in [4.69, 9.17) is 9.47 Å². The number of ether oxygens (including phenoxy) is 2. The van der Waals surface area contributed by atoms with Crippen LogP contribution in [0.5, 0.6) is 5.75 Å². The summed E-state index contributed by atoms with van der Waals surface area (Å²) in [5, 5.41) is 3.64. The lowest BCUT2D eigenvalue weighted by Gasteiger charge is -2.39. The summed E-state index contributed by atoms with van der Waals surface area (Å²) in [7, 11) is 5.64. The summed E-state index contributed by atoms with van der Waals surface area (Å²) in [6.07, 6.45) is 1.98. The lowest BCUT2D eigenvalue weighted by molar-refractivity contribution is 0.0512. The van der Waals surface area contributed by atoms with E-state index in [0.717, 1.165) is 50.9 Å². The van der Waals surface area contributed by atoms with Gasteiger partial charge in [0.05, 0.1) is 7.11 Å². The molecule has 1 aliphatic rings. The lowest BCUT2D eigenvalue weighted by atomic mass is 9.74. The Morgan fingerprint density at radius 3 is 2.45 bits per heavy atom. The number of aliphatic imine (C=N–C) groups is 1. The van der Waals surface area contributed by atoms with Crippen molar-refractivity contribution in [3.63, 3.8) is 0 Å². The summed E-state index contributed by atoms with van der Waals surface area (Å²) in [5.74, 6) is 1.80. The van der Waals surface area contributed by atoms with Crippen molar-refractivity contribution in [2.45, 2.75) is 31.7 Å². The highest BCUT2D eigenvalue weighted by Crippen LogP contribution is 2.35. The molecule has 1 heterocycles.